The number of rotatable bonds is 51. The third kappa shape index (κ3) is 54.7. The third-order valence-corrected chi connectivity index (χ3v) is 12.7. The summed E-state index contributed by atoms with van der Waals surface area (Å²) in [7, 11) is 1.66. The molecule has 8 nitrogen and oxygen atoms in total. The molecule has 9 heteroatoms. The minimum absolute atomic E-state index is 0.0853. The van der Waals surface area contributed by atoms with E-state index in [0.717, 1.165) is 64.2 Å². The van der Waals surface area contributed by atoms with Crippen LogP contribution >= 0.6 is 7.82 Å². The van der Waals surface area contributed by atoms with E-state index in [1.807, 2.05) is 21.1 Å². The Labute approximate surface area is 414 Å². The molecule has 0 radical (unpaired) electrons. The SMILES string of the molecule is CC/C=C\C/C=C\C/C=C\C/C=C\CCCCCCCCCCCCCCC(=O)OC(COCCCCCCCCCCCC/C=C\C/C=C\CCCCC)COP(=O)(O)OCC[N+](C)(C)C. The molecule has 0 aliphatic heterocycles. The second kappa shape index (κ2) is 50.3. The first-order valence-corrected chi connectivity index (χ1v) is 29.2. The number of quaternary nitrogens is 1. The van der Waals surface area contributed by atoms with Gasteiger partial charge in [-0.1, -0.05) is 215 Å². The maximum absolute atomic E-state index is 12.8. The molecule has 0 amide bonds. The van der Waals surface area contributed by atoms with Crippen LogP contribution in [0, 0.1) is 0 Å². The van der Waals surface area contributed by atoms with Gasteiger partial charge in [-0.05, 0) is 83.5 Å². The van der Waals surface area contributed by atoms with Crippen LogP contribution in [0.4, 0.5) is 0 Å². The summed E-state index contributed by atoms with van der Waals surface area (Å²) in [5.74, 6) is -0.317. The first kappa shape index (κ1) is 64.9. The van der Waals surface area contributed by atoms with Gasteiger partial charge in [0.25, 0.3) is 0 Å². The molecular weight excluding hydrogens is 854 g/mol. The van der Waals surface area contributed by atoms with E-state index in [4.69, 9.17) is 18.5 Å². The summed E-state index contributed by atoms with van der Waals surface area (Å²) < 4.78 is 35.2. The zero-order valence-electron chi connectivity index (χ0n) is 44.4. The molecule has 390 valence electrons. The van der Waals surface area contributed by atoms with Crippen LogP contribution < -0.4 is 0 Å². The number of likely N-dealkylation sites (N-methyl/N-ethyl adjacent to an activating group) is 1. The van der Waals surface area contributed by atoms with Crippen molar-refractivity contribution >= 4 is 13.8 Å². The second-order valence-electron chi connectivity index (χ2n) is 19.6. The lowest BCUT2D eigenvalue weighted by atomic mass is 10.0. The molecule has 0 spiro atoms. The van der Waals surface area contributed by atoms with Gasteiger partial charge >= 0.3 is 13.8 Å². The van der Waals surface area contributed by atoms with Gasteiger partial charge in [-0.15, -0.1) is 0 Å². The van der Waals surface area contributed by atoms with Gasteiger partial charge in [0.15, 0.2) is 0 Å². The van der Waals surface area contributed by atoms with E-state index in [9.17, 15) is 14.3 Å². The van der Waals surface area contributed by atoms with Crippen LogP contribution in [0.2, 0.25) is 0 Å². The van der Waals surface area contributed by atoms with Crippen molar-refractivity contribution in [2.24, 2.45) is 0 Å². The number of phosphoric ester groups is 1. The summed E-state index contributed by atoms with van der Waals surface area (Å²) in [4.78, 5) is 23.1. The van der Waals surface area contributed by atoms with E-state index in [1.165, 1.54) is 148 Å². The molecule has 0 heterocycles. The average molecular weight is 961 g/mol. The fourth-order valence-electron chi connectivity index (χ4n) is 7.52. The number of esters is 1. The van der Waals surface area contributed by atoms with Gasteiger partial charge < -0.3 is 18.9 Å². The molecule has 0 saturated heterocycles. The standard InChI is InChI=1S/C58H106NO7P/c1-6-8-10-12-14-16-18-20-22-24-26-28-29-30-31-32-33-35-37-39-41-43-45-47-49-51-58(60)66-57(56-65-67(61,62)64-54-52-59(3,4)5)55-63-53-50-48-46-44-42-40-38-36-34-27-25-23-21-19-17-15-13-11-9-7-2/h8,10,14-17,20-23,26,28,57H,6-7,9,11-13,18-19,24-25,27,29-56H2,1-5H3/p+1/b10-8-,16-14-,17-15-,22-20-,23-21-,28-26-. The van der Waals surface area contributed by atoms with Crippen LogP contribution in [-0.2, 0) is 27.9 Å². The fourth-order valence-corrected chi connectivity index (χ4v) is 8.26. The van der Waals surface area contributed by atoms with Crippen LogP contribution in [0.5, 0.6) is 0 Å². The minimum atomic E-state index is -4.29. The van der Waals surface area contributed by atoms with Crippen LogP contribution in [0.15, 0.2) is 72.9 Å². The number of carbonyl (C=O) groups is 1. The molecule has 2 unspecified atom stereocenters. The number of ether oxygens (including phenoxy) is 2. The van der Waals surface area contributed by atoms with Crippen LogP contribution in [-0.4, -0.2) is 75.6 Å². The zero-order chi connectivity index (χ0) is 49.0. The third-order valence-electron chi connectivity index (χ3n) is 11.8. The van der Waals surface area contributed by atoms with E-state index in [2.05, 4.69) is 86.8 Å². The van der Waals surface area contributed by atoms with Crippen molar-refractivity contribution in [2.75, 3.05) is 54.1 Å². The molecule has 0 saturated carbocycles. The summed E-state index contributed by atoms with van der Waals surface area (Å²) in [5, 5.41) is 0. The Hall–Kier alpha value is -2.06. The maximum Gasteiger partial charge on any atom is 0.472 e. The zero-order valence-corrected chi connectivity index (χ0v) is 45.3. The highest BCUT2D eigenvalue weighted by atomic mass is 31.2. The monoisotopic (exact) mass is 961 g/mol. The number of allylic oxidation sites excluding steroid dienone is 12. The van der Waals surface area contributed by atoms with Gasteiger partial charge in [-0.2, -0.15) is 0 Å². The van der Waals surface area contributed by atoms with Gasteiger partial charge in [0.05, 0.1) is 34.4 Å². The Morgan fingerprint density at radius 1 is 0.478 bits per heavy atom. The molecule has 0 rings (SSSR count). The number of phosphoric acid groups is 1. The summed E-state index contributed by atoms with van der Waals surface area (Å²) in [5.41, 5.74) is 0. The van der Waals surface area contributed by atoms with Crippen molar-refractivity contribution in [3.63, 3.8) is 0 Å². The van der Waals surface area contributed by atoms with Crippen LogP contribution in [0.25, 0.3) is 0 Å². The number of unbranched alkanes of at least 4 members (excludes halogenated alkanes) is 25. The Morgan fingerprint density at radius 2 is 0.866 bits per heavy atom. The van der Waals surface area contributed by atoms with E-state index >= 15 is 0 Å². The highest BCUT2D eigenvalue weighted by Gasteiger charge is 2.26. The Kier molecular flexibility index (Phi) is 48.8. The molecule has 0 fully saturated rings. The predicted molar refractivity (Wildman–Crippen MR) is 288 cm³/mol. The molecule has 1 N–H and O–H groups in total. The average Bonchev–Trinajstić information content (AvgIpc) is 3.29. The summed E-state index contributed by atoms with van der Waals surface area (Å²) in [6.07, 6.45) is 66.7. The smallest absolute Gasteiger partial charge is 0.457 e. The summed E-state index contributed by atoms with van der Waals surface area (Å²) in [6.45, 7) is 5.50. The lowest BCUT2D eigenvalue weighted by Crippen LogP contribution is -2.37. The van der Waals surface area contributed by atoms with E-state index < -0.39 is 13.9 Å². The lowest BCUT2D eigenvalue weighted by molar-refractivity contribution is -0.870. The molecule has 0 aromatic heterocycles. The van der Waals surface area contributed by atoms with Crippen molar-refractivity contribution in [2.45, 2.75) is 238 Å². The number of nitrogens with zero attached hydrogens (tertiary/aromatic N) is 1. The van der Waals surface area contributed by atoms with Gasteiger partial charge in [0, 0.05) is 13.0 Å². The molecule has 2 atom stereocenters. The van der Waals surface area contributed by atoms with Crippen molar-refractivity contribution in [1.82, 2.24) is 0 Å². The first-order chi connectivity index (χ1) is 32.6. The van der Waals surface area contributed by atoms with E-state index in [1.54, 1.807) is 0 Å². The minimum Gasteiger partial charge on any atom is -0.457 e. The Balaban J connectivity index is 4.10. The topological polar surface area (TPSA) is 91.3 Å². The number of hydrogen-bond acceptors (Lipinski definition) is 6. The molecular formula is C58H107NO7P+. The van der Waals surface area contributed by atoms with Gasteiger partial charge in [0.2, 0.25) is 0 Å². The van der Waals surface area contributed by atoms with E-state index in [-0.39, 0.29) is 25.8 Å². The summed E-state index contributed by atoms with van der Waals surface area (Å²) in [6, 6.07) is 0. The Morgan fingerprint density at radius 3 is 1.30 bits per heavy atom. The van der Waals surface area contributed by atoms with Crippen molar-refractivity contribution in [3.8, 4) is 0 Å². The fraction of sp³-hybridized carbons (Fsp3) is 0.776. The molecule has 0 bridgehead atoms. The quantitative estimate of drug-likeness (QED) is 0.0213. The summed E-state index contributed by atoms with van der Waals surface area (Å²) >= 11 is 0. The molecule has 0 aromatic carbocycles. The van der Waals surface area contributed by atoms with Crippen molar-refractivity contribution in [1.29, 1.82) is 0 Å². The van der Waals surface area contributed by atoms with Gasteiger partial charge in [0.1, 0.15) is 19.3 Å². The highest BCUT2D eigenvalue weighted by Crippen LogP contribution is 2.43. The van der Waals surface area contributed by atoms with E-state index in [0.29, 0.717) is 24.1 Å². The highest BCUT2D eigenvalue weighted by molar-refractivity contribution is 7.47. The Bertz CT molecular complexity index is 1300. The largest absolute Gasteiger partial charge is 0.472 e. The first-order valence-electron chi connectivity index (χ1n) is 27.7. The lowest BCUT2D eigenvalue weighted by Gasteiger charge is -2.24. The van der Waals surface area contributed by atoms with Crippen LogP contribution in [0.1, 0.15) is 232 Å². The molecule has 0 aromatic rings. The van der Waals surface area contributed by atoms with Crippen LogP contribution in [0.3, 0.4) is 0 Å². The number of hydrogen-bond donors (Lipinski definition) is 1. The normalized spacial score (nSPS) is 14.1. The number of carbonyl (C=O) groups excluding carboxylic acids is 1. The van der Waals surface area contributed by atoms with Crippen molar-refractivity contribution < 1.29 is 37.3 Å². The molecule has 67 heavy (non-hydrogen) atoms. The van der Waals surface area contributed by atoms with Gasteiger partial charge in [-0.3, -0.25) is 13.8 Å². The van der Waals surface area contributed by atoms with Crippen molar-refractivity contribution in [3.05, 3.63) is 72.9 Å². The molecule has 0 aliphatic rings. The second-order valence-corrected chi connectivity index (χ2v) is 21.0. The van der Waals surface area contributed by atoms with Gasteiger partial charge in [-0.25, -0.2) is 4.57 Å². The maximum atomic E-state index is 12.8. The molecule has 0 aliphatic carbocycles. The predicted octanol–water partition coefficient (Wildman–Crippen LogP) is 17.4.